The van der Waals surface area contributed by atoms with Gasteiger partial charge in [-0.2, -0.15) is 0 Å². The fraction of sp³-hybridized carbons (Fsp3) is 0.300. The van der Waals surface area contributed by atoms with Gasteiger partial charge in [0.25, 0.3) is 0 Å². The lowest BCUT2D eigenvalue weighted by molar-refractivity contribution is -0.142. The molecule has 2 atom stereocenters. The first kappa shape index (κ1) is 19.5. The number of nitrogens with one attached hydrogen (secondary N) is 1. The van der Waals surface area contributed by atoms with Crippen molar-refractivity contribution in [3.8, 4) is 11.1 Å². The average Bonchev–Trinajstić information content (AvgIpc) is 2.59. The Morgan fingerprint density at radius 3 is 2.04 bits per heavy atom. The first-order chi connectivity index (χ1) is 12.2. The third-order valence-electron chi connectivity index (χ3n) is 4.06. The van der Waals surface area contributed by atoms with Crippen molar-refractivity contribution >= 4 is 12.1 Å². The summed E-state index contributed by atoms with van der Waals surface area (Å²) in [5.74, 6) is -1.33. The van der Waals surface area contributed by atoms with Crippen LogP contribution in [-0.2, 0) is 15.1 Å². The number of aliphatic hydroxyl groups is 1. The summed E-state index contributed by atoms with van der Waals surface area (Å²) in [6, 6.07) is 16.0. The van der Waals surface area contributed by atoms with E-state index in [2.05, 4.69) is 5.32 Å². The number of ether oxygens (including phenoxy) is 1. The van der Waals surface area contributed by atoms with E-state index in [0.29, 0.717) is 0 Å². The number of alkyl carbamates (subject to hydrolysis) is 1. The first-order valence-electron chi connectivity index (χ1n) is 8.27. The van der Waals surface area contributed by atoms with E-state index in [4.69, 9.17) is 9.84 Å². The highest BCUT2D eigenvalue weighted by Crippen LogP contribution is 2.27. The van der Waals surface area contributed by atoms with E-state index in [1.165, 1.54) is 6.92 Å². The van der Waals surface area contributed by atoms with E-state index in [-0.39, 0.29) is 0 Å². The number of aliphatic carboxylic acids is 1. The minimum Gasteiger partial charge on any atom is -0.480 e. The van der Waals surface area contributed by atoms with E-state index >= 15 is 0 Å². The van der Waals surface area contributed by atoms with Crippen LogP contribution in [0.1, 0.15) is 26.3 Å². The van der Waals surface area contributed by atoms with Gasteiger partial charge in [-0.1, -0.05) is 54.6 Å². The van der Waals surface area contributed by atoms with E-state index in [0.717, 1.165) is 16.7 Å². The molecule has 0 aliphatic heterocycles. The van der Waals surface area contributed by atoms with Gasteiger partial charge in [-0.15, -0.1) is 0 Å². The van der Waals surface area contributed by atoms with Crippen LogP contribution < -0.4 is 5.32 Å². The maximum Gasteiger partial charge on any atom is 0.408 e. The molecule has 0 saturated heterocycles. The Bertz CT molecular complexity index is 754. The number of hydrogen-bond acceptors (Lipinski definition) is 4. The van der Waals surface area contributed by atoms with Gasteiger partial charge in [-0.05, 0) is 37.5 Å². The summed E-state index contributed by atoms with van der Waals surface area (Å²) in [7, 11) is 0. The molecule has 6 heteroatoms. The van der Waals surface area contributed by atoms with Gasteiger partial charge < -0.3 is 20.3 Å². The maximum atomic E-state index is 12.0. The summed E-state index contributed by atoms with van der Waals surface area (Å²) in [6.45, 7) is 4.71. The van der Waals surface area contributed by atoms with Crippen molar-refractivity contribution in [2.24, 2.45) is 0 Å². The standard InChI is InChI=1S/C20H23NO5/c1-13(22)17(18(23)24)21-19(25)26-20(2,3)16-11-9-15(10-12-16)14-7-5-4-6-8-14/h4-13,17,22H,1-3H3,(H,21,25)(H,23,24). The van der Waals surface area contributed by atoms with Crippen LogP contribution in [0.3, 0.4) is 0 Å². The van der Waals surface area contributed by atoms with Crippen molar-refractivity contribution in [3.63, 3.8) is 0 Å². The largest absolute Gasteiger partial charge is 0.480 e. The second-order valence-electron chi connectivity index (χ2n) is 6.54. The molecule has 26 heavy (non-hydrogen) atoms. The number of carboxylic acids is 1. The molecule has 2 aromatic rings. The lowest BCUT2D eigenvalue weighted by atomic mass is 9.95. The highest BCUT2D eigenvalue weighted by Gasteiger charge is 2.30. The topological polar surface area (TPSA) is 95.9 Å². The van der Waals surface area contributed by atoms with Gasteiger partial charge >= 0.3 is 12.1 Å². The first-order valence-corrected chi connectivity index (χ1v) is 8.27. The number of carboxylic acid groups (broad SMARTS) is 1. The van der Waals surface area contributed by atoms with Gasteiger partial charge in [0.1, 0.15) is 5.60 Å². The molecule has 0 heterocycles. The highest BCUT2D eigenvalue weighted by molar-refractivity contribution is 5.80. The van der Waals surface area contributed by atoms with E-state index in [1.807, 2.05) is 54.6 Å². The Labute approximate surface area is 152 Å². The number of aliphatic hydroxyl groups excluding tert-OH is 1. The lowest BCUT2D eigenvalue weighted by Gasteiger charge is -2.27. The van der Waals surface area contributed by atoms with Crippen LogP contribution in [0.5, 0.6) is 0 Å². The van der Waals surface area contributed by atoms with E-state index in [9.17, 15) is 14.7 Å². The molecule has 2 rings (SSSR count). The predicted molar refractivity (Wildman–Crippen MR) is 97.6 cm³/mol. The molecule has 0 aromatic heterocycles. The fourth-order valence-corrected chi connectivity index (χ4v) is 2.53. The maximum absolute atomic E-state index is 12.0. The number of hydrogen-bond donors (Lipinski definition) is 3. The minimum atomic E-state index is -1.43. The average molecular weight is 357 g/mol. The smallest absolute Gasteiger partial charge is 0.408 e. The molecule has 0 fully saturated rings. The SMILES string of the molecule is CC(O)C(NC(=O)OC(C)(C)c1ccc(-c2ccccc2)cc1)C(=O)O. The Morgan fingerprint density at radius 2 is 1.54 bits per heavy atom. The second kappa shape index (κ2) is 8.01. The third kappa shape index (κ3) is 4.83. The summed E-state index contributed by atoms with van der Waals surface area (Å²) in [5.41, 5.74) is 1.91. The molecule has 0 aliphatic carbocycles. The number of carbonyl (C=O) groups excluding carboxylic acids is 1. The molecule has 0 spiro atoms. The molecule has 2 unspecified atom stereocenters. The van der Waals surface area contributed by atoms with Crippen LogP contribution in [0.4, 0.5) is 4.79 Å². The molecule has 6 nitrogen and oxygen atoms in total. The second-order valence-corrected chi connectivity index (χ2v) is 6.54. The number of amides is 1. The zero-order chi connectivity index (χ0) is 19.3. The highest BCUT2D eigenvalue weighted by atomic mass is 16.6. The van der Waals surface area contributed by atoms with Crippen molar-refractivity contribution in [1.29, 1.82) is 0 Å². The summed E-state index contributed by atoms with van der Waals surface area (Å²) >= 11 is 0. The zero-order valence-corrected chi connectivity index (χ0v) is 15.0. The van der Waals surface area contributed by atoms with Crippen LogP contribution in [-0.4, -0.2) is 34.4 Å². The minimum absolute atomic E-state index is 0.760. The molecule has 0 radical (unpaired) electrons. The normalized spacial score (nSPS) is 13.5. The Morgan fingerprint density at radius 1 is 1.00 bits per heavy atom. The Kier molecular flexibility index (Phi) is 6.00. The van der Waals surface area contributed by atoms with Crippen LogP contribution in [0, 0.1) is 0 Å². The monoisotopic (exact) mass is 357 g/mol. The van der Waals surface area contributed by atoms with Gasteiger partial charge in [-0.25, -0.2) is 9.59 Å². The van der Waals surface area contributed by atoms with E-state index < -0.39 is 29.8 Å². The number of benzene rings is 2. The van der Waals surface area contributed by atoms with Gasteiger partial charge in [0.2, 0.25) is 0 Å². The van der Waals surface area contributed by atoms with E-state index in [1.54, 1.807) is 13.8 Å². The summed E-state index contributed by atoms with van der Waals surface area (Å²) in [4.78, 5) is 23.1. The van der Waals surface area contributed by atoms with Crippen LogP contribution in [0.2, 0.25) is 0 Å². The van der Waals surface area contributed by atoms with Gasteiger partial charge in [0, 0.05) is 0 Å². The van der Waals surface area contributed by atoms with Gasteiger partial charge in [-0.3, -0.25) is 0 Å². The van der Waals surface area contributed by atoms with Crippen molar-refractivity contribution in [2.75, 3.05) is 0 Å². The van der Waals surface area contributed by atoms with Crippen molar-refractivity contribution in [3.05, 3.63) is 60.2 Å². The molecular weight excluding hydrogens is 334 g/mol. The van der Waals surface area contributed by atoms with Crippen LogP contribution in [0.25, 0.3) is 11.1 Å². The zero-order valence-electron chi connectivity index (χ0n) is 15.0. The predicted octanol–water partition coefficient (Wildman–Crippen LogP) is 3.15. The Hall–Kier alpha value is -2.86. The molecule has 138 valence electrons. The lowest BCUT2D eigenvalue weighted by Crippen LogP contribution is -2.49. The fourth-order valence-electron chi connectivity index (χ4n) is 2.53. The molecule has 2 aromatic carbocycles. The Balaban J connectivity index is 2.09. The van der Waals surface area contributed by atoms with Crippen molar-refractivity contribution in [1.82, 2.24) is 5.32 Å². The molecular formula is C20H23NO5. The number of carbonyl (C=O) groups is 2. The van der Waals surface area contributed by atoms with Gasteiger partial charge in [0.15, 0.2) is 6.04 Å². The summed E-state index contributed by atoms with van der Waals surface area (Å²) < 4.78 is 5.38. The third-order valence-corrected chi connectivity index (χ3v) is 4.06. The van der Waals surface area contributed by atoms with Gasteiger partial charge in [0.05, 0.1) is 6.10 Å². The van der Waals surface area contributed by atoms with Crippen LogP contribution >= 0.6 is 0 Å². The van der Waals surface area contributed by atoms with Crippen LogP contribution in [0.15, 0.2) is 54.6 Å². The van der Waals surface area contributed by atoms with Crippen molar-refractivity contribution in [2.45, 2.75) is 38.5 Å². The molecule has 0 aliphatic rings. The molecule has 0 saturated carbocycles. The quantitative estimate of drug-likeness (QED) is 0.738. The molecule has 3 N–H and O–H groups in total. The summed E-state index contributed by atoms with van der Waals surface area (Å²) in [5, 5.41) is 20.6. The molecule has 1 amide bonds. The number of rotatable bonds is 6. The molecule has 0 bridgehead atoms. The summed E-state index contributed by atoms with van der Waals surface area (Å²) in [6.07, 6.45) is -2.15. The van der Waals surface area contributed by atoms with Crippen molar-refractivity contribution < 1.29 is 24.5 Å².